The molecule has 1 aromatic heterocycles. The predicted molar refractivity (Wildman–Crippen MR) is 110 cm³/mol. The lowest BCUT2D eigenvalue weighted by Gasteiger charge is -2.13. The van der Waals surface area contributed by atoms with Gasteiger partial charge in [-0.15, -0.1) is 0 Å². The maximum absolute atomic E-state index is 5.48. The van der Waals surface area contributed by atoms with Crippen molar-refractivity contribution in [2.24, 2.45) is 10.2 Å². The van der Waals surface area contributed by atoms with E-state index in [1.807, 2.05) is 43.5 Å². The van der Waals surface area contributed by atoms with Gasteiger partial charge in [-0.05, 0) is 42.3 Å². The van der Waals surface area contributed by atoms with E-state index in [-0.39, 0.29) is 0 Å². The number of H-pyrrole nitrogens is 1. The van der Waals surface area contributed by atoms with E-state index in [2.05, 4.69) is 33.4 Å². The second kappa shape index (κ2) is 7.11. The Hall–Kier alpha value is -3.34. The Balaban J connectivity index is 1.79. The first-order valence-electron chi connectivity index (χ1n) is 8.80. The normalized spacial score (nSPS) is 13.9. The van der Waals surface area contributed by atoms with Crippen LogP contribution < -0.4 is 9.47 Å². The minimum Gasteiger partial charge on any atom is -0.493 e. The number of fused-ring (bicyclic) bond motifs is 2. The standard InChI is InChI=1S/C22H21N3O2/c1-14-10-16-11-21(26-2)22(27-3)12-18(16)20(25-24-14)9-8-15-13-23-19-7-5-4-6-17(15)19/h4-9,11-13,23H,10H2,1-3H3. The van der Waals surface area contributed by atoms with Crippen LogP contribution in [-0.2, 0) is 6.42 Å². The van der Waals surface area contributed by atoms with Crippen LogP contribution in [0.1, 0.15) is 23.6 Å². The first kappa shape index (κ1) is 17.1. The monoisotopic (exact) mass is 359 g/mol. The number of ether oxygens (including phenoxy) is 2. The van der Waals surface area contributed by atoms with Crippen molar-refractivity contribution in [3.8, 4) is 11.5 Å². The number of hydrogen-bond acceptors (Lipinski definition) is 4. The maximum atomic E-state index is 5.48. The molecule has 2 heterocycles. The van der Waals surface area contributed by atoms with E-state index in [0.717, 1.165) is 40.1 Å². The van der Waals surface area contributed by atoms with Crippen molar-refractivity contribution in [1.29, 1.82) is 0 Å². The third-order valence-corrected chi connectivity index (χ3v) is 4.70. The van der Waals surface area contributed by atoms with Gasteiger partial charge >= 0.3 is 0 Å². The molecule has 0 aliphatic carbocycles. The van der Waals surface area contributed by atoms with Gasteiger partial charge in [-0.1, -0.05) is 24.3 Å². The smallest absolute Gasteiger partial charge is 0.161 e. The van der Waals surface area contributed by atoms with Gasteiger partial charge in [0.1, 0.15) is 0 Å². The highest BCUT2D eigenvalue weighted by Gasteiger charge is 2.17. The number of aromatic nitrogens is 1. The minimum absolute atomic E-state index is 0.684. The van der Waals surface area contributed by atoms with Crippen molar-refractivity contribution in [2.45, 2.75) is 13.3 Å². The largest absolute Gasteiger partial charge is 0.493 e. The molecule has 5 heteroatoms. The molecule has 0 unspecified atom stereocenters. The van der Waals surface area contributed by atoms with Gasteiger partial charge in [0, 0.05) is 34.8 Å². The number of benzene rings is 2. The van der Waals surface area contributed by atoms with Crippen molar-refractivity contribution in [3.05, 3.63) is 65.4 Å². The summed E-state index contributed by atoms with van der Waals surface area (Å²) in [4.78, 5) is 3.29. The molecule has 1 aliphatic rings. The zero-order chi connectivity index (χ0) is 18.8. The summed E-state index contributed by atoms with van der Waals surface area (Å²) < 4.78 is 10.9. The van der Waals surface area contributed by atoms with Crippen molar-refractivity contribution in [1.82, 2.24) is 4.98 Å². The molecule has 1 aliphatic heterocycles. The number of aromatic amines is 1. The molecule has 3 aromatic rings. The summed E-state index contributed by atoms with van der Waals surface area (Å²) in [5.74, 6) is 1.40. The van der Waals surface area contributed by atoms with Crippen molar-refractivity contribution >= 4 is 28.4 Å². The van der Waals surface area contributed by atoms with Crippen LogP contribution in [0.4, 0.5) is 0 Å². The average molecular weight is 359 g/mol. The Morgan fingerprint density at radius 2 is 1.78 bits per heavy atom. The highest BCUT2D eigenvalue weighted by Crippen LogP contribution is 2.32. The Bertz CT molecular complexity index is 1090. The summed E-state index contributed by atoms with van der Waals surface area (Å²) in [5.41, 5.74) is 6.10. The third-order valence-electron chi connectivity index (χ3n) is 4.70. The fourth-order valence-electron chi connectivity index (χ4n) is 3.33. The second-order valence-electron chi connectivity index (χ2n) is 6.48. The first-order valence-corrected chi connectivity index (χ1v) is 8.80. The summed E-state index contributed by atoms with van der Waals surface area (Å²) >= 11 is 0. The summed E-state index contributed by atoms with van der Waals surface area (Å²) in [6.07, 6.45) is 6.79. The highest BCUT2D eigenvalue weighted by molar-refractivity contribution is 6.14. The highest BCUT2D eigenvalue weighted by atomic mass is 16.5. The quantitative estimate of drug-likeness (QED) is 0.739. The van der Waals surface area contributed by atoms with Crippen LogP contribution in [-0.4, -0.2) is 30.6 Å². The topological polar surface area (TPSA) is 59.0 Å². The molecule has 5 nitrogen and oxygen atoms in total. The number of para-hydroxylation sites is 1. The van der Waals surface area contributed by atoms with E-state index in [4.69, 9.17) is 9.47 Å². The average Bonchev–Trinajstić information content (AvgIpc) is 3.04. The van der Waals surface area contributed by atoms with Crippen LogP contribution in [0, 0.1) is 0 Å². The lowest BCUT2D eigenvalue weighted by molar-refractivity contribution is 0.354. The number of allylic oxidation sites excluding steroid dienone is 1. The molecule has 4 rings (SSSR count). The van der Waals surface area contributed by atoms with Crippen LogP contribution in [0.5, 0.6) is 11.5 Å². The maximum Gasteiger partial charge on any atom is 0.161 e. The summed E-state index contributed by atoms with van der Waals surface area (Å²) in [5, 5.41) is 10.0. The fourth-order valence-corrected chi connectivity index (χ4v) is 3.33. The van der Waals surface area contributed by atoms with Gasteiger partial charge in [-0.25, -0.2) is 0 Å². The molecule has 0 radical (unpaired) electrons. The number of nitrogens with zero attached hydrogens (tertiary/aromatic N) is 2. The van der Waals surface area contributed by atoms with Gasteiger partial charge in [-0.3, -0.25) is 0 Å². The predicted octanol–water partition coefficient (Wildman–Crippen LogP) is 4.62. The van der Waals surface area contributed by atoms with Crippen LogP contribution in [0.15, 0.2) is 58.9 Å². The lowest BCUT2D eigenvalue weighted by atomic mass is 9.97. The zero-order valence-corrected chi connectivity index (χ0v) is 15.6. The van der Waals surface area contributed by atoms with Crippen LogP contribution in [0.25, 0.3) is 17.0 Å². The summed E-state index contributed by atoms with van der Waals surface area (Å²) in [6.45, 7) is 1.98. The molecule has 0 fully saturated rings. The van der Waals surface area contributed by atoms with Crippen LogP contribution >= 0.6 is 0 Å². The molecule has 1 N–H and O–H groups in total. The van der Waals surface area contributed by atoms with E-state index in [9.17, 15) is 0 Å². The molecule has 0 saturated heterocycles. The minimum atomic E-state index is 0.684. The molecule has 0 saturated carbocycles. The van der Waals surface area contributed by atoms with E-state index >= 15 is 0 Å². The molecule has 0 atom stereocenters. The summed E-state index contributed by atoms with van der Waals surface area (Å²) in [7, 11) is 3.29. The van der Waals surface area contributed by atoms with E-state index in [1.54, 1.807) is 14.2 Å². The van der Waals surface area contributed by atoms with E-state index < -0.39 is 0 Å². The molecule has 27 heavy (non-hydrogen) atoms. The molecule has 2 aromatic carbocycles. The van der Waals surface area contributed by atoms with Crippen LogP contribution in [0.3, 0.4) is 0 Å². The molecular weight excluding hydrogens is 338 g/mol. The number of nitrogens with one attached hydrogen (secondary N) is 1. The molecule has 0 spiro atoms. The second-order valence-corrected chi connectivity index (χ2v) is 6.48. The third kappa shape index (κ3) is 3.24. The van der Waals surface area contributed by atoms with Gasteiger partial charge in [0.2, 0.25) is 0 Å². The molecule has 0 amide bonds. The zero-order valence-electron chi connectivity index (χ0n) is 15.6. The molecule has 0 bridgehead atoms. The SMILES string of the molecule is COc1cc2c(cc1OC)C(C=Cc1c[nH]c3ccccc13)=NN=C(C)C2. The van der Waals surface area contributed by atoms with E-state index in [1.165, 1.54) is 5.39 Å². The summed E-state index contributed by atoms with van der Waals surface area (Å²) in [6, 6.07) is 12.2. The molecule has 136 valence electrons. The number of hydrogen-bond donors (Lipinski definition) is 1. The Morgan fingerprint density at radius 3 is 2.59 bits per heavy atom. The van der Waals surface area contributed by atoms with Crippen molar-refractivity contribution in [2.75, 3.05) is 14.2 Å². The molecular formula is C22H21N3O2. The van der Waals surface area contributed by atoms with Gasteiger partial charge in [-0.2, -0.15) is 10.2 Å². The Morgan fingerprint density at radius 1 is 1.00 bits per heavy atom. The van der Waals surface area contributed by atoms with Gasteiger partial charge in [0.05, 0.1) is 19.9 Å². The number of rotatable bonds is 4. The lowest BCUT2D eigenvalue weighted by Crippen LogP contribution is -2.05. The van der Waals surface area contributed by atoms with Gasteiger partial charge in [0.15, 0.2) is 11.5 Å². The Kier molecular flexibility index (Phi) is 4.50. The van der Waals surface area contributed by atoms with Crippen LogP contribution in [0.2, 0.25) is 0 Å². The van der Waals surface area contributed by atoms with E-state index in [0.29, 0.717) is 11.5 Å². The Labute approximate surface area is 158 Å². The van der Waals surface area contributed by atoms with Crippen molar-refractivity contribution in [3.63, 3.8) is 0 Å². The number of methoxy groups -OCH3 is 2. The van der Waals surface area contributed by atoms with Gasteiger partial charge in [0.25, 0.3) is 0 Å². The van der Waals surface area contributed by atoms with Gasteiger partial charge < -0.3 is 14.5 Å². The fraction of sp³-hybridized carbons (Fsp3) is 0.182. The first-order chi connectivity index (χ1) is 13.2. The van der Waals surface area contributed by atoms with Crippen molar-refractivity contribution < 1.29 is 9.47 Å².